The molecule has 1 atom stereocenters. The molecule has 5 nitrogen and oxygen atoms in total. The number of nitrogens with one attached hydrogen (secondary N) is 2. The van der Waals surface area contributed by atoms with Gasteiger partial charge in [-0.25, -0.2) is 0 Å². The molecule has 0 saturated heterocycles. The summed E-state index contributed by atoms with van der Waals surface area (Å²) in [4.78, 5) is 23.0. The monoisotopic (exact) mass is 263 g/mol. The zero-order valence-corrected chi connectivity index (χ0v) is 11.2. The number of benzene rings is 1. The minimum atomic E-state index is -0.535. The van der Waals surface area contributed by atoms with Crippen LogP contribution in [0.4, 0.5) is 0 Å². The zero-order valence-electron chi connectivity index (χ0n) is 11.2. The summed E-state index contributed by atoms with van der Waals surface area (Å²) in [6, 6.07) is 9.05. The molecule has 0 unspecified atom stereocenters. The average Bonchev–Trinajstić information content (AvgIpc) is 2.43. The molecule has 0 radical (unpaired) electrons. The fourth-order valence-electron chi connectivity index (χ4n) is 1.60. The van der Waals surface area contributed by atoms with Gasteiger partial charge in [0.05, 0.1) is 12.6 Å². The highest BCUT2D eigenvalue weighted by molar-refractivity contribution is 5.87. The molecular weight excluding hydrogens is 242 g/mol. The Labute approximate surface area is 113 Å². The Balaban J connectivity index is 2.23. The van der Waals surface area contributed by atoms with Crippen molar-refractivity contribution in [3.05, 3.63) is 35.9 Å². The van der Waals surface area contributed by atoms with Crippen LogP contribution in [-0.2, 0) is 16.1 Å². The number of nitrogens with two attached hydrogens (primary N) is 1. The summed E-state index contributed by atoms with van der Waals surface area (Å²) in [5.74, 6) is -0.502. The van der Waals surface area contributed by atoms with Gasteiger partial charge in [0.25, 0.3) is 0 Å². The van der Waals surface area contributed by atoms with Gasteiger partial charge in [0.1, 0.15) is 0 Å². The van der Waals surface area contributed by atoms with Gasteiger partial charge in [-0.2, -0.15) is 0 Å². The molecule has 0 spiro atoms. The SMILES string of the molecule is CCC[C@@H](N)C(=O)NCC(=O)NCc1ccccc1. The first-order chi connectivity index (χ1) is 9.13. The summed E-state index contributed by atoms with van der Waals surface area (Å²) in [5.41, 5.74) is 6.65. The number of hydrogen-bond donors (Lipinski definition) is 3. The Morgan fingerprint density at radius 2 is 1.89 bits per heavy atom. The molecule has 0 saturated carbocycles. The van der Waals surface area contributed by atoms with Gasteiger partial charge in [0.2, 0.25) is 11.8 Å². The molecule has 1 aromatic carbocycles. The van der Waals surface area contributed by atoms with E-state index in [1.807, 2.05) is 37.3 Å². The third-order valence-corrected chi connectivity index (χ3v) is 2.69. The Bertz CT molecular complexity index is 406. The molecule has 0 aliphatic heterocycles. The van der Waals surface area contributed by atoms with Crippen LogP contribution in [-0.4, -0.2) is 24.4 Å². The second-order valence-electron chi connectivity index (χ2n) is 4.38. The van der Waals surface area contributed by atoms with Gasteiger partial charge in [-0.3, -0.25) is 9.59 Å². The van der Waals surface area contributed by atoms with E-state index in [0.717, 1.165) is 12.0 Å². The van der Waals surface area contributed by atoms with Gasteiger partial charge in [0.15, 0.2) is 0 Å². The number of carbonyl (C=O) groups excluding carboxylic acids is 2. The Morgan fingerprint density at radius 3 is 2.53 bits per heavy atom. The summed E-state index contributed by atoms with van der Waals surface area (Å²) in [5, 5.41) is 5.26. The average molecular weight is 263 g/mol. The normalized spacial score (nSPS) is 11.7. The smallest absolute Gasteiger partial charge is 0.239 e. The van der Waals surface area contributed by atoms with E-state index in [0.29, 0.717) is 13.0 Å². The summed E-state index contributed by atoms with van der Waals surface area (Å²) < 4.78 is 0. The van der Waals surface area contributed by atoms with Gasteiger partial charge in [-0.1, -0.05) is 43.7 Å². The molecule has 0 aliphatic carbocycles. The van der Waals surface area contributed by atoms with Crippen LogP contribution in [0.5, 0.6) is 0 Å². The van der Waals surface area contributed by atoms with E-state index in [9.17, 15) is 9.59 Å². The van der Waals surface area contributed by atoms with Crippen molar-refractivity contribution in [3.8, 4) is 0 Å². The molecule has 104 valence electrons. The third-order valence-electron chi connectivity index (χ3n) is 2.69. The largest absolute Gasteiger partial charge is 0.350 e. The lowest BCUT2D eigenvalue weighted by Crippen LogP contribution is -2.44. The summed E-state index contributed by atoms with van der Waals surface area (Å²) >= 11 is 0. The quantitative estimate of drug-likeness (QED) is 0.671. The first-order valence-corrected chi connectivity index (χ1v) is 6.47. The van der Waals surface area contributed by atoms with Crippen LogP contribution >= 0.6 is 0 Å². The van der Waals surface area contributed by atoms with Gasteiger partial charge in [0, 0.05) is 6.54 Å². The van der Waals surface area contributed by atoms with Crippen molar-refractivity contribution in [1.29, 1.82) is 0 Å². The van der Waals surface area contributed by atoms with Crippen LogP contribution in [0.25, 0.3) is 0 Å². The summed E-state index contributed by atoms with van der Waals surface area (Å²) in [6.45, 7) is 2.37. The van der Waals surface area contributed by atoms with Crippen molar-refractivity contribution in [2.75, 3.05) is 6.54 Å². The van der Waals surface area contributed by atoms with Crippen molar-refractivity contribution in [1.82, 2.24) is 10.6 Å². The fourth-order valence-corrected chi connectivity index (χ4v) is 1.60. The van der Waals surface area contributed by atoms with Crippen LogP contribution in [0.1, 0.15) is 25.3 Å². The van der Waals surface area contributed by atoms with Crippen LogP contribution in [0, 0.1) is 0 Å². The Hall–Kier alpha value is -1.88. The molecule has 19 heavy (non-hydrogen) atoms. The maximum Gasteiger partial charge on any atom is 0.239 e. The minimum absolute atomic E-state index is 0.0386. The molecule has 4 N–H and O–H groups in total. The van der Waals surface area contributed by atoms with Crippen LogP contribution in [0.3, 0.4) is 0 Å². The topological polar surface area (TPSA) is 84.2 Å². The highest BCUT2D eigenvalue weighted by Crippen LogP contribution is 1.96. The molecule has 0 bridgehead atoms. The first-order valence-electron chi connectivity index (χ1n) is 6.47. The Morgan fingerprint density at radius 1 is 1.21 bits per heavy atom. The minimum Gasteiger partial charge on any atom is -0.350 e. The van der Waals surface area contributed by atoms with E-state index >= 15 is 0 Å². The van der Waals surface area contributed by atoms with Crippen molar-refractivity contribution in [2.24, 2.45) is 5.73 Å². The van der Waals surface area contributed by atoms with Crippen molar-refractivity contribution in [2.45, 2.75) is 32.4 Å². The second-order valence-corrected chi connectivity index (χ2v) is 4.38. The maximum absolute atomic E-state index is 11.5. The fraction of sp³-hybridized carbons (Fsp3) is 0.429. The molecule has 0 fully saturated rings. The van der Waals surface area contributed by atoms with Crippen LogP contribution in [0.2, 0.25) is 0 Å². The molecule has 2 amide bonds. The highest BCUT2D eigenvalue weighted by Gasteiger charge is 2.12. The van der Waals surface area contributed by atoms with Gasteiger partial charge >= 0.3 is 0 Å². The van der Waals surface area contributed by atoms with E-state index in [-0.39, 0.29) is 18.4 Å². The number of hydrogen-bond acceptors (Lipinski definition) is 3. The van der Waals surface area contributed by atoms with Gasteiger partial charge < -0.3 is 16.4 Å². The molecule has 1 rings (SSSR count). The maximum atomic E-state index is 11.5. The predicted molar refractivity (Wildman–Crippen MR) is 74.2 cm³/mol. The third kappa shape index (κ3) is 6.01. The predicted octanol–water partition coefficient (Wildman–Crippen LogP) is 0.546. The number of carbonyl (C=O) groups is 2. The van der Waals surface area contributed by atoms with E-state index in [1.54, 1.807) is 0 Å². The molecule has 0 aliphatic rings. The lowest BCUT2D eigenvalue weighted by Gasteiger charge is -2.11. The zero-order chi connectivity index (χ0) is 14.1. The molecule has 0 aromatic heterocycles. The van der Waals surface area contributed by atoms with E-state index in [4.69, 9.17) is 5.73 Å². The standard InChI is InChI=1S/C14H21N3O2/c1-2-6-12(15)14(19)17-10-13(18)16-9-11-7-4-3-5-8-11/h3-5,7-8,12H,2,6,9-10,15H2,1H3,(H,16,18)(H,17,19)/t12-/m1/s1. The molecular formula is C14H21N3O2. The van der Waals surface area contributed by atoms with Gasteiger partial charge in [-0.15, -0.1) is 0 Å². The Kier molecular flexibility index (Phi) is 6.60. The van der Waals surface area contributed by atoms with Crippen molar-refractivity contribution in [3.63, 3.8) is 0 Å². The van der Waals surface area contributed by atoms with Gasteiger partial charge in [-0.05, 0) is 12.0 Å². The van der Waals surface area contributed by atoms with E-state index < -0.39 is 6.04 Å². The van der Waals surface area contributed by atoms with E-state index in [2.05, 4.69) is 10.6 Å². The van der Waals surface area contributed by atoms with Crippen LogP contribution in [0.15, 0.2) is 30.3 Å². The highest BCUT2D eigenvalue weighted by atomic mass is 16.2. The molecule has 0 heterocycles. The number of amides is 2. The second kappa shape index (κ2) is 8.26. The first kappa shape index (κ1) is 15.2. The lowest BCUT2D eigenvalue weighted by atomic mass is 10.2. The molecule has 1 aromatic rings. The van der Waals surface area contributed by atoms with Crippen LogP contribution < -0.4 is 16.4 Å². The van der Waals surface area contributed by atoms with Crippen molar-refractivity contribution < 1.29 is 9.59 Å². The summed E-state index contributed by atoms with van der Waals surface area (Å²) in [7, 11) is 0. The number of rotatable bonds is 7. The summed E-state index contributed by atoms with van der Waals surface area (Å²) in [6.07, 6.45) is 1.46. The van der Waals surface area contributed by atoms with Crippen molar-refractivity contribution >= 4 is 11.8 Å². The lowest BCUT2D eigenvalue weighted by molar-refractivity contribution is -0.127. The molecule has 5 heteroatoms. The van der Waals surface area contributed by atoms with E-state index in [1.165, 1.54) is 0 Å².